The van der Waals surface area contributed by atoms with Crippen LogP contribution in [0.2, 0.25) is 5.02 Å². The van der Waals surface area contributed by atoms with Crippen molar-refractivity contribution >= 4 is 33.2 Å². The fourth-order valence-corrected chi connectivity index (χ4v) is 5.19. The largest absolute Gasteiger partial charge is 0.493 e. The molecule has 3 nitrogen and oxygen atoms in total. The van der Waals surface area contributed by atoms with Crippen LogP contribution in [0.3, 0.4) is 0 Å². The third-order valence-corrected chi connectivity index (χ3v) is 6.25. The minimum absolute atomic E-state index is 0.193. The van der Waals surface area contributed by atoms with Crippen molar-refractivity contribution in [3.63, 3.8) is 0 Å². The number of rotatable bonds is 3. The first-order chi connectivity index (χ1) is 12.5. The van der Waals surface area contributed by atoms with Crippen LogP contribution in [0.5, 0.6) is 11.5 Å². The molecule has 0 fully saturated rings. The molecule has 0 radical (unpaired) electrons. The lowest BCUT2D eigenvalue weighted by molar-refractivity contribution is 0.351. The summed E-state index contributed by atoms with van der Waals surface area (Å²) in [5.74, 6) is 2.28. The van der Waals surface area contributed by atoms with Gasteiger partial charge in [0.2, 0.25) is 0 Å². The van der Waals surface area contributed by atoms with Gasteiger partial charge >= 0.3 is 0 Å². The maximum atomic E-state index is 6.33. The SMILES string of the molecule is COc1cc(C2Nc3c(C)cc(Cl)cc3C3C=CCC32)cc(Br)c1OC. The van der Waals surface area contributed by atoms with E-state index in [1.807, 2.05) is 6.07 Å². The van der Waals surface area contributed by atoms with Crippen LogP contribution in [0.15, 0.2) is 40.9 Å². The zero-order chi connectivity index (χ0) is 18.4. The van der Waals surface area contributed by atoms with Crippen LogP contribution < -0.4 is 14.8 Å². The van der Waals surface area contributed by atoms with Crippen molar-refractivity contribution < 1.29 is 9.47 Å². The average Bonchev–Trinajstić information content (AvgIpc) is 3.10. The van der Waals surface area contributed by atoms with E-state index < -0.39 is 0 Å². The third kappa shape index (κ3) is 2.80. The Morgan fingerprint density at radius 1 is 1.15 bits per heavy atom. The molecule has 0 aromatic heterocycles. The molecule has 3 unspecified atom stereocenters. The molecule has 0 spiro atoms. The lowest BCUT2D eigenvalue weighted by Gasteiger charge is -2.38. The van der Waals surface area contributed by atoms with E-state index in [1.54, 1.807) is 14.2 Å². The number of aryl methyl sites for hydroxylation is 1. The molecular formula is C21H21BrClNO2. The molecule has 26 heavy (non-hydrogen) atoms. The number of fused-ring (bicyclic) bond motifs is 3. The van der Waals surface area contributed by atoms with Gasteiger partial charge in [-0.05, 0) is 76.1 Å². The molecule has 3 atom stereocenters. The van der Waals surface area contributed by atoms with Gasteiger partial charge in [0.05, 0.1) is 24.7 Å². The second-order valence-corrected chi connectivity index (χ2v) is 8.19. The number of ether oxygens (including phenoxy) is 2. The quantitative estimate of drug-likeness (QED) is 0.579. The molecule has 0 saturated heterocycles. The summed E-state index contributed by atoms with van der Waals surface area (Å²) in [6, 6.07) is 8.52. The van der Waals surface area contributed by atoms with Gasteiger partial charge in [-0.3, -0.25) is 0 Å². The van der Waals surface area contributed by atoms with Crippen molar-refractivity contribution in [3.05, 3.63) is 62.6 Å². The molecule has 2 aromatic rings. The molecule has 0 saturated carbocycles. The fourth-order valence-electron chi connectivity index (χ4n) is 4.29. The number of hydrogen-bond donors (Lipinski definition) is 1. The summed E-state index contributed by atoms with van der Waals surface area (Å²) in [4.78, 5) is 0. The number of halogens is 2. The van der Waals surface area contributed by atoms with Gasteiger partial charge in [0.1, 0.15) is 0 Å². The van der Waals surface area contributed by atoms with Crippen LogP contribution >= 0.6 is 27.5 Å². The molecule has 0 bridgehead atoms. The van der Waals surface area contributed by atoms with Gasteiger partial charge in [-0.2, -0.15) is 0 Å². The summed E-state index contributed by atoms with van der Waals surface area (Å²) < 4.78 is 11.9. The van der Waals surface area contributed by atoms with Crippen molar-refractivity contribution in [2.45, 2.75) is 25.3 Å². The Morgan fingerprint density at radius 3 is 2.69 bits per heavy atom. The van der Waals surface area contributed by atoms with E-state index in [4.69, 9.17) is 21.1 Å². The van der Waals surface area contributed by atoms with E-state index in [2.05, 4.69) is 58.5 Å². The molecule has 2 aromatic carbocycles. The summed E-state index contributed by atoms with van der Waals surface area (Å²) in [5, 5.41) is 4.58. The van der Waals surface area contributed by atoms with Gasteiger partial charge in [0, 0.05) is 16.6 Å². The summed E-state index contributed by atoms with van der Waals surface area (Å²) in [6.45, 7) is 2.11. The van der Waals surface area contributed by atoms with Crippen molar-refractivity contribution in [1.82, 2.24) is 0 Å². The normalized spacial score (nSPS) is 23.2. The number of nitrogens with one attached hydrogen (secondary N) is 1. The lowest BCUT2D eigenvalue weighted by atomic mass is 9.76. The van der Waals surface area contributed by atoms with Gasteiger partial charge in [-0.15, -0.1) is 0 Å². The smallest absolute Gasteiger partial charge is 0.174 e. The highest BCUT2D eigenvalue weighted by molar-refractivity contribution is 9.10. The van der Waals surface area contributed by atoms with Crippen LogP contribution in [0, 0.1) is 12.8 Å². The van der Waals surface area contributed by atoms with Gasteiger partial charge in [-0.25, -0.2) is 0 Å². The van der Waals surface area contributed by atoms with E-state index in [9.17, 15) is 0 Å². The number of benzene rings is 2. The lowest BCUT2D eigenvalue weighted by Crippen LogP contribution is -2.29. The zero-order valence-corrected chi connectivity index (χ0v) is 17.3. The molecule has 0 amide bonds. The fraction of sp³-hybridized carbons (Fsp3) is 0.333. The summed E-state index contributed by atoms with van der Waals surface area (Å²) in [5.41, 5.74) is 4.85. The van der Waals surface area contributed by atoms with Gasteiger partial charge < -0.3 is 14.8 Å². The second-order valence-electron chi connectivity index (χ2n) is 6.90. The Balaban J connectivity index is 1.82. The number of methoxy groups -OCH3 is 2. The first-order valence-electron chi connectivity index (χ1n) is 8.68. The Labute approximate surface area is 167 Å². The van der Waals surface area contributed by atoms with Crippen LogP contribution in [0.25, 0.3) is 0 Å². The molecule has 4 rings (SSSR count). The highest BCUT2D eigenvalue weighted by Crippen LogP contribution is 2.52. The number of allylic oxidation sites excluding steroid dienone is 2. The second kappa shape index (κ2) is 6.82. The predicted molar refractivity (Wildman–Crippen MR) is 110 cm³/mol. The number of hydrogen-bond acceptors (Lipinski definition) is 3. The monoisotopic (exact) mass is 433 g/mol. The molecule has 1 heterocycles. The average molecular weight is 435 g/mol. The van der Waals surface area contributed by atoms with Gasteiger partial charge in [-0.1, -0.05) is 23.8 Å². The van der Waals surface area contributed by atoms with Crippen LogP contribution in [0.1, 0.15) is 35.1 Å². The Bertz CT molecular complexity index is 896. The van der Waals surface area contributed by atoms with E-state index in [0.717, 1.165) is 27.4 Å². The van der Waals surface area contributed by atoms with Crippen molar-refractivity contribution in [3.8, 4) is 11.5 Å². The third-order valence-electron chi connectivity index (χ3n) is 5.45. The molecular weight excluding hydrogens is 414 g/mol. The van der Waals surface area contributed by atoms with E-state index in [-0.39, 0.29) is 6.04 Å². The van der Waals surface area contributed by atoms with E-state index >= 15 is 0 Å². The van der Waals surface area contributed by atoms with E-state index in [0.29, 0.717) is 11.8 Å². The van der Waals surface area contributed by atoms with Crippen LogP contribution in [-0.2, 0) is 0 Å². The summed E-state index contributed by atoms with van der Waals surface area (Å²) in [7, 11) is 3.32. The molecule has 1 aliphatic carbocycles. The minimum Gasteiger partial charge on any atom is -0.493 e. The van der Waals surface area contributed by atoms with Crippen molar-refractivity contribution in [1.29, 1.82) is 0 Å². The number of anilines is 1. The van der Waals surface area contributed by atoms with Gasteiger partial charge in [0.15, 0.2) is 11.5 Å². The highest BCUT2D eigenvalue weighted by Gasteiger charge is 2.39. The Hall–Kier alpha value is -1.65. The summed E-state index contributed by atoms with van der Waals surface area (Å²) in [6.07, 6.45) is 5.65. The molecule has 136 valence electrons. The van der Waals surface area contributed by atoms with Gasteiger partial charge in [0.25, 0.3) is 0 Å². The molecule has 1 N–H and O–H groups in total. The molecule has 2 aliphatic rings. The molecule has 5 heteroatoms. The minimum atomic E-state index is 0.193. The van der Waals surface area contributed by atoms with Crippen molar-refractivity contribution in [2.75, 3.05) is 19.5 Å². The highest BCUT2D eigenvalue weighted by atomic mass is 79.9. The molecule has 1 aliphatic heterocycles. The van der Waals surface area contributed by atoms with Crippen LogP contribution in [0.4, 0.5) is 5.69 Å². The standard InChI is InChI=1S/C21H21BrClNO2/c1-11-7-13(23)10-16-14-5-4-6-15(14)20(24-19(11)16)12-8-17(22)21(26-3)18(9-12)25-2/h4-5,7-10,14-15,20,24H,6H2,1-3H3. The first kappa shape index (κ1) is 17.7. The maximum Gasteiger partial charge on any atom is 0.174 e. The van der Waals surface area contributed by atoms with E-state index in [1.165, 1.54) is 22.4 Å². The summed E-state index contributed by atoms with van der Waals surface area (Å²) >= 11 is 9.96. The zero-order valence-electron chi connectivity index (χ0n) is 15.0. The maximum absolute atomic E-state index is 6.33. The van der Waals surface area contributed by atoms with Crippen LogP contribution in [-0.4, -0.2) is 14.2 Å². The Kier molecular flexibility index (Phi) is 4.66. The topological polar surface area (TPSA) is 30.5 Å². The first-order valence-corrected chi connectivity index (χ1v) is 9.85. The van der Waals surface area contributed by atoms with Crippen molar-refractivity contribution in [2.24, 2.45) is 5.92 Å². The predicted octanol–water partition coefficient (Wildman–Crippen LogP) is 6.25. The Morgan fingerprint density at radius 2 is 1.96 bits per heavy atom.